The van der Waals surface area contributed by atoms with Crippen molar-refractivity contribution in [1.82, 2.24) is 10.3 Å². The third-order valence-electron chi connectivity index (χ3n) is 2.62. The van der Waals surface area contributed by atoms with E-state index in [0.717, 1.165) is 38.3 Å². The number of oxime groups is 1. The minimum Gasteiger partial charge on any atom is -0.409 e. The van der Waals surface area contributed by atoms with E-state index in [2.05, 4.69) is 29.3 Å². The van der Waals surface area contributed by atoms with Gasteiger partial charge in [-0.2, -0.15) is 0 Å². The summed E-state index contributed by atoms with van der Waals surface area (Å²) in [5, 5.41) is 14.9. The van der Waals surface area contributed by atoms with E-state index in [1.807, 2.05) is 6.07 Å². The van der Waals surface area contributed by atoms with Crippen LogP contribution in [0.1, 0.15) is 31.5 Å². The Hall–Kier alpha value is -1.66. The van der Waals surface area contributed by atoms with E-state index in [1.165, 1.54) is 0 Å². The van der Waals surface area contributed by atoms with Gasteiger partial charge in [-0.1, -0.05) is 19.0 Å². The summed E-state index contributed by atoms with van der Waals surface area (Å²) in [7, 11) is 0. The molecule has 1 aromatic rings. The molecule has 0 saturated carbocycles. The second kappa shape index (κ2) is 9.28. The molecule has 112 valence electrons. The zero-order valence-electron chi connectivity index (χ0n) is 12.2. The van der Waals surface area contributed by atoms with Gasteiger partial charge < -0.3 is 21.0 Å². The van der Waals surface area contributed by atoms with Crippen molar-refractivity contribution in [1.29, 1.82) is 0 Å². The van der Waals surface area contributed by atoms with Crippen molar-refractivity contribution >= 4 is 5.84 Å². The predicted molar refractivity (Wildman–Crippen MR) is 78.7 cm³/mol. The van der Waals surface area contributed by atoms with Gasteiger partial charge in [0.15, 0.2) is 5.84 Å². The van der Waals surface area contributed by atoms with Crippen LogP contribution in [0.5, 0.6) is 0 Å². The van der Waals surface area contributed by atoms with E-state index in [-0.39, 0.29) is 5.84 Å². The molecule has 0 radical (unpaired) electrons. The SMILES string of the molecule is CC(C)COCCCNCc1ccnc(/C(N)=N/O)c1. The lowest BCUT2D eigenvalue weighted by Gasteiger charge is -2.08. The van der Waals surface area contributed by atoms with Crippen LogP contribution >= 0.6 is 0 Å². The molecule has 0 aliphatic carbocycles. The first-order valence-corrected chi connectivity index (χ1v) is 6.84. The lowest BCUT2D eigenvalue weighted by molar-refractivity contribution is 0.108. The van der Waals surface area contributed by atoms with Gasteiger partial charge in [-0.05, 0) is 36.6 Å². The van der Waals surface area contributed by atoms with Gasteiger partial charge >= 0.3 is 0 Å². The van der Waals surface area contributed by atoms with Crippen LogP contribution in [0.15, 0.2) is 23.5 Å². The van der Waals surface area contributed by atoms with Crippen molar-refractivity contribution in [3.05, 3.63) is 29.6 Å². The standard InChI is InChI=1S/C14H24N4O2/c1-11(2)10-20-7-3-5-16-9-12-4-6-17-13(8-12)14(15)18-19/h4,6,8,11,16,19H,3,5,7,9-10H2,1-2H3,(H2,15,18). The second-order valence-electron chi connectivity index (χ2n) is 5.03. The van der Waals surface area contributed by atoms with Crippen LogP contribution in [-0.2, 0) is 11.3 Å². The molecule has 0 spiro atoms. The van der Waals surface area contributed by atoms with Crippen LogP contribution < -0.4 is 11.1 Å². The number of ether oxygens (including phenoxy) is 1. The van der Waals surface area contributed by atoms with Gasteiger partial charge in [-0.15, -0.1) is 0 Å². The number of nitrogens with two attached hydrogens (primary N) is 1. The monoisotopic (exact) mass is 280 g/mol. The summed E-state index contributed by atoms with van der Waals surface area (Å²) in [6, 6.07) is 3.70. The van der Waals surface area contributed by atoms with E-state index in [0.29, 0.717) is 11.6 Å². The predicted octanol–water partition coefficient (Wildman–Crippen LogP) is 1.33. The van der Waals surface area contributed by atoms with Gasteiger partial charge in [-0.3, -0.25) is 4.98 Å². The third kappa shape index (κ3) is 6.49. The topological polar surface area (TPSA) is 92.8 Å². The molecule has 0 bridgehead atoms. The molecule has 0 saturated heterocycles. The van der Waals surface area contributed by atoms with Crippen molar-refractivity contribution in [2.45, 2.75) is 26.8 Å². The molecule has 0 aliphatic rings. The van der Waals surface area contributed by atoms with Gasteiger partial charge in [0.1, 0.15) is 5.69 Å². The highest BCUT2D eigenvalue weighted by Crippen LogP contribution is 2.01. The first kappa shape index (κ1) is 16.4. The first-order valence-electron chi connectivity index (χ1n) is 6.84. The lowest BCUT2D eigenvalue weighted by Crippen LogP contribution is -2.19. The number of rotatable bonds is 9. The van der Waals surface area contributed by atoms with E-state index < -0.39 is 0 Å². The van der Waals surface area contributed by atoms with Crippen LogP contribution in [0, 0.1) is 5.92 Å². The molecule has 0 fully saturated rings. The average Bonchev–Trinajstić information content (AvgIpc) is 2.45. The summed E-state index contributed by atoms with van der Waals surface area (Å²) in [5.41, 5.74) is 7.02. The van der Waals surface area contributed by atoms with E-state index >= 15 is 0 Å². The number of pyridine rings is 1. The van der Waals surface area contributed by atoms with E-state index in [4.69, 9.17) is 15.7 Å². The Morgan fingerprint density at radius 1 is 1.55 bits per heavy atom. The fourth-order valence-corrected chi connectivity index (χ4v) is 1.63. The van der Waals surface area contributed by atoms with Crippen molar-refractivity contribution in [3.8, 4) is 0 Å². The minimum absolute atomic E-state index is 0.0222. The molecule has 0 atom stereocenters. The number of aromatic nitrogens is 1. The van der Waals surface area contributed by atoms with Crippen molar-refractivity contribution in [2.75, 3.05) is 19.8 Å². The maximum Gasteiger partial charge on any atom is 0.188 e. The summed E-state index contributed by atoms with van der Waals surface area (Å²) >= 11 is 0. The molecule has 6 heteroatoms. The third-order valence-corrected chi connectivity index (χ3v) is 2.62. The smallest absolute Gasteiger partial charge is 0.188 e. The van der Waals surface area contributed by atoms with Gasteiger partial charge in [0.05, 0.1) is 0 Å². The van der Waals surface area contributed by atoms with Crippen molar-refractivity contribution in [3.63, 3.8) is 0 Å². The molecule has 1 aromatic heterocycles. The fourth-order valence-electron chi connectivity index (χ4n) is 1.63. The summed E-state index contributed by atoms with van der Waals surface area (Å²) in [4.78, 5) is 4.03. The minimum atomic E-state index is 0.0222. The first-order chi connectivity index (χ1) is 9.63. The summed E-state index contributed by atoms with van der Waals surface area (Å²) in [5.74, 6) is 0.603. The average molecular weight is 280 g/mol. The van der Waals surface area contributed by atoms with E-state index in [1.54, 1.807) is 12.3 Å². The van der Waals surface area contributed by atoms with E-state index in [9.17, 15) is 0 Å². The number of hydrogen-bond donors (Lipinski definition) is 3. The Labute approximate surface area is 120 Å². The Balaban J connectivity index is 2.22. The molecule has 6 nitrogen and oxygen atoms in total. The molecule has 0 aromatic carbocycles. The molecule has 0 unspecified atom stereocenters. The number of hydrogen-bond acceptors (Lipinski definition) is 5. The van der Waals surface area contributed by atoms with Crippen LogP contribution in [0.2, 0.25) is 0 Å². The highest BCUT2D eigenvalue weighted by Gasteiger charge is 2.02. The zero-order valence-corrected chi connectivity index (χ0v) is 12.2. The van der Waals surface area contributed by atoms with Gasteiger partial charge in [0.2, 0.25) is 0 Å². The number of nitrogens with zero attached hydrogens (tertiary/aromatic N) is 2. The quantitative estimate of drug-likeness (QED) is 0.209. The fraction of sp³-hybridized carbons (Fsp3) is 0.571. The number of nitrogens with one attached hydrogen (secondary N) is 1. The Morgan fingerprint density at radius 3 is 3.05 bits per heavy atom. The lowest BCUT2D eigenvalue weighted by atomic mass is 10.2. The molecule has 20 heavy (non-hydrogen) atoms. The van der Waals surface area contributed by atoms with Crippen molar-refractivity contribution in [2.24, 2.45) is 16.8 Å². The zero-order chi connectivity index (χ0) is 14.8. The van der Waals surface area contributed by atoms with Crippen LogP contribution in [0.25, 0.3) is 0 Å². The second-order valence-corrected chi connectivity index (χ2v) is 5.03. The molecule has 0 aliphatic heterocycles. The molecular weight excluding hydrogens is 256 g/mol. The van der Waals surface area contributed by atoms with Crippen LogP contribution in [0.4, 0.5) is 0 Å². The molecule has 0 amide bonds. The van der Waals surface area contributed by atoms with Gasteiger partial charge in [0.25, 0.3) is 0 Å². The molecule has 1 rings (SSSR count). The molecular formula is C14H24N4O2. The summed E-state index contributed by atoms with van der Waals surface area (Å²) in [6.07, 6.45) is 2.63. The highest BCUT2D eigenvalue weighted by molar-refractivity contribution is 5.95. The Morgan fingerprint density at radius 2 is 2.35 bits per heavy atom. The van der Waals surface area contributed by atoms with Crippen molar-refractivity contribution < 1.29 is 9.94 Å². The normalized spacial score (nSPS) is 12.1. The molecule has 4 N–H and O–H groups in total. The van der Waals surface area contributed by atoms with Gasteiger partial charge in [0, 0.05) is 26.0 Å². The summed E-state index contributed by atoms with van der Waals surface area (Å²) < 4.78 is 5.50. The maximum atomic E-state index is 8.61. The molecule has 1 heterocycles. The summed E-state index contributed by atoms with van der Waals surface area (Å²) in [6.45, 7) is 7.48. The highest BCUT2D eigenvalue weighted by atomic mass is 16.5. The van der Waals surface area contributed by atoms with Crippen LogP contribution in [0.3, 0.4) is 0 Å². The van der Waals surface area contributed by atoms with Gasteiger partial charge in [-0.25, -0.2) is 0 Å². The van der Waals surface area contributed by atoms with Crippen LogP contribution in [-0.4, -0.2) is 35.8 Å². The Kier molecular flexibility index (Phi) is 7.60. The largest absolute Gasteiger partial charge is 0.409 e. The number of amidine groups is 1. The Bertz CT molecular complexity index is 421. The maximum absolute atomic E-state index is 8.61.